The highest BCUT2D eigenvalue weighted by molar-refractivity contribution is 6.06. The van der Waals surface area contributed by atoms with Gasteiger partial charge in [-0.25, -0.2) is 0 Å². The summed E-state index contributed by atoms with van der Waals surface area (Å²) in [5.41, 5.74) is 2.18. The number of nitrogens with zero attached hydrogens (tertiary/aromatic N) is 1. The van der Waals surface area contributed by atoms with Crippen molar-refractivity contribution in [2.24, 2.45) is 5.92 Å². The number of aliphatic carboxylic acids is 1. The number of carbonyl (C=O) groups excluding carboxylic acids is 1. The summed E-state index contributed by atoms with van der Waals surface area (Å²) in [6.45, 7) is 1.86. The summed E-state index contributed by atoms with van der Waals surface area (Å²) in [6.07, 6.45) is 1.84. The summed E-state index contributed by atoms with van der Waals surface area (Å²) < 4.78 is 0. The molecule has 0 unspecified atom stereocenters. The molecule has 5 nitrogen and oxygen atoms in total. The van der Waals surface area contributed by atoms with Crippen LogP contribution in [0.5, 0.6) is 0 Å². The number of carboxylic acid groups (broad SMARTS) is 1. The minimum absolute atomic E-state index is 0.0687. The minimum Gasteiger partial charge on any atom is -0.481 e. The van der Waals surface area contributed by atoms with Crippen molar-refractivity contribution in [1.29, 1.82) is 0 Å². The van der Waals surface area contributed by atoms with Crippen molar-refractivity contribution in [1.82, 2.24) is 10.3 Å². The molecular formula is C17H18N2O3. The summed E-state index contributed by atoms with van der Waals surface area (Å²) >= 11 is 0. The fourth-order valence-corrected chi connectivity index (χ4v) is 3.10. The van der Waals surface area contributed by atoms with Crippen LogP contribution < -0.4 is 5.32 Å². The van der Waals surface area contributed by atoms with Crippen LogP contribution in [-0.2, 0) is 4.79 Å². The van der Waals surface area contributed by atoms with Gasteiger partial charge in [0, 0.05) is 17.1 Å². The molecule has 0 bridgehead atoms. The molecule has 1 fully saturated rings. The van der Waals surface area contributed by atoms with Gasteiger partial charge in [-0.15, -0.1) is 0 Å². The molecule has 2 aromatic rings. The molecule has 22 heavy (non-hydrogen) atoms. The second kappa shape index (κ2) is 5.75. The zero-order valence-corrected chi connectivity index (χ0v) is 12.4. The molecule has 1 aromatic heterocycles. The number of rotatable bonds is 3. The van der Waals surface area contributed by atoms with Crippen LogP contribution in [0.1, 0.15) is 35.3 Å². The Labute approximate surface area is 128 Å². The Morgan fingerprint density at radius 3 is 2.77 bits per heavy atom. The number of nitrogens with one attached hydrogen (secondary N) is 1. The number of pyridine rings is 1. The van der Waals surface area contributed by atoms with Crippen LogP contribution in [0.2, 0.25) is 0 Å². The lowest BCUT2D eigenvalue weighted by Gasteiger charge is -2.14. The van der Waals surface area contributed by atoms with E-state index in [0.29, 0.717) is 24.8 Å². The molecule has 0 spiro atoms. The standard InChI is InChI=1S/C17H18N2O3/c1-10-8-14(13-4-2-3-5-15(13)18-10)16(20)19-12-7-6-11(9-12)17(21)22/h2-5,8,11-12H,6-7,9H2,1H3,(H,19,20)(H,21,22)/t11-,12+/m1/s1. The fraction of sp³-hybridized carbons (Fsp3) is 0.353. The third-order valence-electron chi connectivity index (χ3n) is 4.21. The van der Waals surface area contributed by atoms with Gasteiger partial charge in [0.2, 0.25) is 0 Å². The van der Waals surface area contributed by atoms with E-state index in [-0.39, 0.29) is 17.9 Å². The zero-order chi connectivity index (χ0) is 15.7. The molecule has 5 heteroatoms. The highest BCUT2D eigenvalue weighted by Gasteiger charge is 2.30. The van der Waals surface area contributed by atoms with Crippen LogP contribution in [0, 0.1) is 12.8 Å². The van der Waals surface area contributed by atoms with Crippen molar-refractivity contribution >= 4 is 22.8 Å². The molecule has 114 valence electrons. The van der Waals surface area contributed by atoms with Gasteiger partial charge in [-0.1, -0.05) is 18.2 Å². The van der Waals surface area contributed by atoms with Gasteiger partial charge < -0.3 is 10.4 Å². The van der Waals surface area contributed by atoms with Crippen LogP contribution in [0.4, 0.5) is 0 Å². The molecule has 3 rings (SSSR count). The topological polar surface area (TPSA) is 79.3 Å². The Hall–Kier alpha value is -2.43. The largest absolute Gasteiger partial charge is 0.481 e. The smallest absolute Gasteiger partial charge is 0.306 e. The molecule has 1 aliphatic rings. The van der Waals surface area contributed by atoms with Crippen LogP contribution in [-0.4, -0.2) is 28.0 Å². The maximum Gasteiger partial charge on any atom is 0.306 e. The first-order chi connectivity index (χ1) is 10.5. The van der Waals surface area contributed by atoms with Crippen LogP contribution in [0.25, 0.3) is 10.9 Å². The molecule has 1 aliphatic carbocycles. The summed E-state index contributed by atoms with van der Waals surface area (Å²) in [4.78, 5) is 28.0. The number of hydrogen-bond donors (Lipinski definition) is 2. The van der Waals surface area contributed by atoms with Crippen molar-refractivity contribution < 1.29 is 14.7 Å². The monoisotopic (exact) mass is 298 g/mol. The van der Waals surface area contributed by atoms with Crippen LogP contribution in [0.15, 0.2) is 30.3 Å². The van der Waals surface area contributed by atoms with E-state index < -0.39 is 5.97 Å². The maximum atomic E-state index is 12.6. The van der Waals surface area contributed by atoms with Gasteiger partial charge in [0.25, 0.3) is 5.91 Å². The van der Waals surface area contributed by atoms with Gasteiger partial charge in [0.15, 0.2) is 0 Å². The number of aryl methyl sites for hydroxylation is 1. The molecule has 2 atom stereocenters. The third kappa shape index (κ3) is 2.79. The van der Waals surface area contributed by atoms with Crippen molar-refractivity contribution in [2.45, 2.75) is 32.2 Å². The molecule has 0 radical (unpaired) electrons. The summed E-state index contributed by atoms with van der Waals surface area (Å²) in [7, 11) is 0. The van der Waals surface area contributed by atoms with Crippen molar-refractivity contribution in [3.05, 3.63) is 41.6 Å². The Bertz CT molecular complexity index is 742. The van der Waals surface area contributed by atoms with Gasteiger partial charge in [0.05, 0.1) is 17.0 Å². The molecule has 2 N–H and O–H groups in total. The molecule has 1 aromatic carbocycles. The van der Waals surface area contributed by atoms with E-state index in [0.717, 1.165) is 16.6 Å². The third-order valence-corrected chi connectivity index (χ3v) is 4.21. The number of carboxylic acids is 1. The predicted octanol–water partition coefficient (Wildman–Crippen LogP) is 2.53. The van der Waals surface area contributed by atoms with Crippen molar-refractivity contribution in [2.75, 3.05) is 0 Å². The zero-order valence-electron chi connectivity index (χ0n) is 12.4. The van der Waals surface area contributed by atoms with E-state index in [1.54, 1.807) is 6.07 Å². The Morgan fingerprint density at radius 2 is 2.05 bits per heavy atom. The number of carbonyl (C=O) groups is 2. The normalized spacial score (nSPS) is 21.0. The molecule has 1 saturated carbocycles. The van der Waals surface area contributed by atoms with E-state index in [9.17, 15) is 9.59 Å². The first-order valence-corrected chi connectivity index (χ1v) is 7.44. The Balaban J connectivity index is 1.83. The van der Waals surface area contributed by atoms with E-state index in [2.05, 4.69) is 10.3 Å². The fourth-order valence-electron chi connectivity index (χ4n) is 3.10. The lowest BCUT2D eigenvalue weighted by Crippen LogP contribution is -2.33. The Kier molecular flexibility index (Phi) is 3.79. The lowest BCUT2D eigenvalue weighted by atomic mass is 10.1. The minimum atomic E-state index is -0.776. The lowest BCUT2D eigenvalue weighted by molar-refractivity contribution is -0.141. The highest BCUT2D eigenvalue weighted by Crippen LogP contribution is 2.26. The summed E-state index contributed by atoms with van der Waals surface area (Å²) in [5.74, 6) is -1.28. The number of hydrogen-bond acceptors (Lipinski definition) is 3. The highest BCUT2D eigenvalue weighted by atomic mass is 16.4. The predicted molar refractivity (Wildman–Crippen MR) is 82.7 cm³/mol. The maximum absolute atomic E-state index is 12.6. The molecule has 0 saturated heterocycles. The Morgan fingerprint density at radius 1 is 1.27 bits per heavy atom. The van der Waals surface area contributed by atoms with E-state index in [1.165, 1.54) is 0 Å². The quantitative estimate of drug-likeness (QED) is 0.912. The second-order valence-electron chi connectivity index (χ2n) is 5.85. The van der Waals surface area contributed by atoms with Crippen molar-refractivity contribution in [3.8, 4) is 0 Å². The first kappa shape index (κ1) is 14.5. The first-order valence-electron chi connectivity index (χ1n) is 7.44. The SMILES string of the molecule is Cc1cc(C(=O)N[C@H]2CC[C@@H](C(=O)O)C2)c2ccccc2n1. The number of fused-ring (bicyclic) bond motifs is 1. The molecule has 1 amide bonds. The van der Waals surface area contributed by atoms with Gasteiger partial charge in [0.1, 0.15) is 0 Å². The number of benzene rings is 1. The molecule has 0 aliphatic heterocycles. The van der Waals surface area contributed by atoms with Crippen molar-refractivity contribution in [3.63, 3.8) is 0 Å². The van der Waals surface area contributed by atoms with Crippen LogP contribution in [0.3, 0.4) is 0 Å². The van der Waals surface area contributed by atoms with Gasteiger partial charge in [-0.05, 0) is 38.3 Å². The van der Waals surface area contributed by atoms with E-state index in [1.807, 2.05) is 31.2 Å². The van der Waals surface area contributed by atoms with E-state index in [4.69, 9.17) is 5.11 Å². The summed E-state index contributed by atoms with van der Waals surface area (Å²) in [5, 5.41) is 12.8. The van der Waals surface area contributed by atoms with Crippen LogP contribution >= 0.6 is 0 Å². The number of amides is 1. The number of para-hydroxylation sites is 1. The van der Waals surface area contributed by atoms with Gasteiger partial charge >= 0.3 is 5.97 Å². The van der Waals surface area contributed by atoms with E-state index >= 15 is 0 Å². The van der Waals surface area contributed by atoms with Gasteiger partial charge in [-0.3, -0.25) is 14.6 Å². The van der Waals surface area contributed by atoms with Gasteiger partial charge in [-0.2, -0.15) is 0 Å². The second-order valence-corrected chi connectivity index (χ2v) is 5.85. The summed E-state index contributed by atoms with van der Waals surface area (Å²) in [6, 6.07) is 9.25. The average Bonchev–Trinajstić information content (AvgIpc) is 2.95. The molecular weight excluding hydrogens is 280 g/mol. The molecule has 1 heterocycles. The number of aromatic nitrogens is 1. The average molecular weight is 298 g/mol.